The number of nitrogens with two attached hydrogens (primary N) is 1. The summed E-state index contributed by atoms with van der Waals surface area (Å²) in [6.07, 6.45) is -5.17. The highest BCUT2D eigenvalue weighted by atomic mass is 19.4. The summed E-state index contributed by atoms with van der Waals surface area (Å²) in [6, 6.07) is 6.39. The molecule has 0 radical (unpaired) electrons. The first kappa shape index (κ1) is 17.5. The SMILES string of the molecule is CC(C(=O)Nc1ccccc1CN)N(C)CCC(F)(F)F. The van der Waals surface area contributed by atoms with E-state index >= 15 is 0 Å². The zero-order chi connectivity index (χ0) is 16.0. The summed E-state index contributed by atoms with van der Waals surface area (Å²) in [7, 11) is 1.49. The number of benzene rings is 1. The summed E-state index contributed by atoms with van der Waals surface area (Å²) < 4.78 is 36.6. The summed E-state index contributed by atoms with van der Waals surface area (Å²) in [5, 5.41) is 2.70. The van der Waals surface area contributed by atoms with Crippen molar-refractivity contribution >= 4 is 11.6 Å². The fraction of sp³-hybridized carbons (Fsp3) is 0.500. The number of para-hydroxylation sites is 1. The number of nitrogens with one attached hydrogen (secondary N) is 1. The van der Waals surface area contributed by atoms with Crippen LogP contribution in [0.3, 0.4) is 0 Å². The molecule has 3 N–H and O–H groups in total. The molecule has 7 heteroatoms. The topological polar surface area (TPSA) is 58.4 Å². The van der Waals surface area contributed by atoms with E-state index in [-0.39, 0.29) is 19.0 Å². The lowest BCUT2D eigenvalue weighted by atomic mass is 10.1. The Morgan fingerprint density at radius 3 is 2.57 bits per heavy atom. The predicted molar refractivity (Wildman–Crippen MR) is 75.7 cm³/mol. The van der Waals surface area contributed by atoms with Crippen LogP contribution in [0.2, 0.25) is 0 Å². The molecule has 0 aliphatic rings. The van der Waals surface area contributed by atoms with Crippen LogP contribution in [0.1, 0.15) is 18.9 Å². The normalized spacial score (nSPS) is 13.3. The Morgan fingerprint density at radius 1 is 1.38 bits per heavy atom. The van der Waals surface area contributed by atoms with E-state index in [9.17, 15) is 18.0 Å². The van der Waals surface area contributed by atoms with Crippen molar-refractivity contribution in [3.63, 3.8) is 0 Å². The molecule has 0 bridgehead atoms. The zero-order valence-corrected chi connectivity index (χ0v) is 12.1. The average molecular weight is 303 g/mol. The Labute approximate surface area is 122 Å². The highest BCUT2D eigenvalue weighted by molar-refractivity contribution is 5.95. The van der Waals surface area contributed by atoms with Gasteiger partial charge in [0.15, 0.2) is 0 Å². The minimum atomic E-state index is -4.23. The van der Waals surface area contributed by atoms with Gasteiger partial charge in [0, 0.05) is 18.8 Å². The molecule has 1 atom stereocenters. The lowest BCUT2D eigenvalue weighted by molar-refractivity contribution is -0.140. The highest BCUT2D eigenvalue weighted by Crippen LogP contribution is 2.20. The van der Waals surface area contributed by atoms with Gasteiger partial charge in [-0.05, 0) is 25.6 Å². The van der Waals surface area contributed by atoms with Crippen molar-refractivity contribution in [3.8, 4) is 0 Å². The molecule has 0 aliphatic heterocycles. The number of alkyl halides is 3. The summed E-state index contributed by atoms with van der Waals surface area (Å²) >= 11 is 0. The first-order valence-corrected chi connectivity index (χ1v) is 6.60. The van der Waals surface area contributed by atoms with Crippen molar-refractivity contribution in [3.05, 3.63) is 29.8 Å². The number of hydrogen-bond acceptors (Lipinski definition) is 3. The number of carbonyl (C=O) groups excluding carboxylic acids is 1. The van der Waals surface area contributed by atoms with E-state index in [4.69, 9.17) is 5.73 Å². The van der Waals surface area contributed by atoms with Crippen molar-refractivity contribution in [1.29, 1.82) is 0 Å². The predicted octanol–water partition coefficient (Wildman–Crippen LogP) is 2.36. The maximum atomic E-state index is 12.2. The van der Waals surface area contributed by atoms with E-state index in [1.54, 1.807) is 31.2 Å². The van der Waals surface area contributed by atoms with Crippen LogP contribution in [0.4, 0.5) is 18.9 Å². The fourth-order valence-corrected chi connectivity index (χ4v) is 1.75. The molecule has 1 rings (SSSR count). The minimum absolute atomic E-state index is 0.226. The quantitative estimate of drug-likeness (QED) is 0.848. The van der Waals surface area contributed by atoms with E-state index in [1.807, 2.05) is 0 Å². The second kappa shape index (κ2) is 7.42. The largest absolute Gasteiger partial charge is 0.390 e. The van der Waals surface area contributed by atoms with Gasteiger partial charge in [-0.1, -0.05) is 18.2 Å². The van der Waals surface area contributed by atoms with E-state index in [0.29, 0.717) is 5.69 Å². The van der Waals surface area contributed by atoms with Gasteiger partial charge in [-0.3, -0.25) is 9.69 Å². The van der Waals surface area contributed by atoms with Gasteiger partial charge in [0.2, 0.25) is 5.91 Å². The van der Waals surface area contributed by atoms with Gasteiger partial charge >= 0.3 is 6.18 Å². The van der Waals surface area contributed by atoms with Crippen LogP contribution in [0.25, 0.3) is 0 Å². The van der Waals surface area contributed by atoms with Crippen molar-refractivity contribution in [2.24, 2.45) is 5.73 Å². The van der Waals surface area contributed by atoms with Gasteiger partial charge < -0.3 is 11.1 Å². The number of nitrogens with zero attached hydrogens (tertiary/aromatic N) is 1. The molecule has 0 aliphatic carbocycles. The Morgan fingerprint density at radius 2 is 2.00 bits per heavy atom. The molecule has 1 aromatic rings. The van der Waals surface area contributed by atoms with Gasteiger partial charge in [0.1, 0.15) is 0 Å². The third-order valence-electron chi connectivity index (χ3n) is 3.28. The molecule has 21 heavy (non-hydrogen) atoms. The van der Waals surface area contributed by atoms with Crippen LogP contribution in [0, 0.1) is 0 Å². The Kier molecular flexibility index (Phi) is 6.17. The van der Waals surface area contributed by atoms with Crippen LogP contribution in [0.5, 0.6) is 0 Å². The second-order valence-corrected chi connectivity index (χ2v) is 4.87. The molecule has 0 heterocycles. The smallest absolute Gasteiger partial charge is 0.326 e. The van der Waals surface area contributed by atoms with Crippen LogP contribution in [0.15, 0.2) is 24.3 Å². The monoisotopic (exact) mass is 303 g/mol. The number of amides is 1. The number of carbonyl (C=O) groups is 1. The van der Waals surface area contributed by atoms with Crippen LogP contribution in [-0.2, 0) is 11.3 Å². The summed E-state index contributed by atoms with van der Waals surface area (Å²) in [6.45, 7) is 1.61. The third kappa shape index (κ3) is 5.73. The van der Waals surface area contributed by atoms with Gasteiger partial charge in [0.05, 0.1) is 12.5 Å². The Balaban J connectivity index is 2.62. The highest BCUT2D eigenvalue weighted by Gasteiger charge is 2.29. The molecule has 1 amide bonds. The zero-order valence-electron chi connectivity index (χ0n) is 12.1. The summed E-state index contributed by atoms with van der Waals surface area (Å²) in [5.41, 5.74) is 6.93. The van der Waals surface area contributed by atoms with E-state index < -0.39 is 18.6 Å². The van der Waals surface area contributed by atoms with Gasteiger partial charge in [-0.2, -0.15) is 13.2 Å². The van der Waals surface area contributed by atoms with Crippen LogP contribution in [-0.4, -0.2) is 36.6 Å². The first-order chi connectivity index (χ1) is 9.74. The number of rotatable bonds is 6. The third-order valence-corrected chi connectivity index (χ3v) is 3.28. The maximum absolute atomic E-state index is 12.2. The van der Waals surface area contributed by atoms with E-state index in [1.165, 1.54) is 11.9 Å². The molecule has 0 saturated carbocycles. The van der Waals surface area contributed by atoms with Gasteiger partial charge in [0.25, 0.3) is 0 Å². The van der Waals surface area contributed by atoms with Crippen molar-refractivity contribution in [1.82, 2.24) is 4.90 Å². The number of anilines is 1. The fourth-order valence-electron chi connectivity index (χ4n) is 1.75. The van der Waals surface area contributed by atoms with E-state index in [0.717, 1.165) is 5.56 Å². The second-order valence-electron chi connectivity index (χ2n) is 4.87. The molecular formula is C14H20F3N3O. The van der Waals surface area contributed by atoms with E-state index in [2.05, 4.69) is 5.32 Å². The van der Waals surface area contributed by atoms with Crippen molar-refractivity contribution in [2.75, 3.05) is 18.9 Å². The van der Waals surface area contributed by atoms with Gasteiger partial charge in [-0.25, -0.2) is 0 Å². The number of likely N-dealkylation sites (N-methyl/N-ethyl adjacent to an activating group) is 1. The van der Waals surface area contributed by atoms with Crippen molar-refractivity contribution < 1.29 is 18.0 Å². The summed E-state index contributed by atoms with van der Waals surface area (Å²) in [5.74, 6) is -0.361. The Bertz CT molecular complexity index is 477. The standard InChI is InChI=1S/C14H20F3N3O/c1-10(20(2)8-7-14(15,16)17)13(21)19-12-6-4-3-5-11(12)9-18/h3-6,10H,7-9,18H2,1-2H3,(H,19,21). The maximum Gasteiger partial charge on any atom is 0.390 e. The molecule has 118 valence electrons. The molecule has 4 nitrogen and oxygen atoms in total. The van der Waals surface area contributed by atoms with Gasteiger partial charge in [-0.15, -0.1) is 0 Å². The molecule has 1 aromatic carbocycles. The van der Waals surface area contributed by atoms with Crippen molar-refractivity contribution in [2.45, 2.75) is 32.1 Å². The molecule has 0 spiro atoms. The molecular weight excluding hydrogens is 283 g/mol. The lowest BCUT2D eigenvalue weighted by Crippen LogP contribution is -2.41. The molecule has 0 fully saturated rings. The molecule has 0 saturated heterocycles. The van der Waals surface area contributed by atoms with Crippen LogP contribution >= 0.6 is 0 Å². The lowest BCUT2D eigenvalue weighted by Gasteiger charge is -2.24. The number of hydrogen-bond donors (Lipinski definition) is 2. The number of halogens is 3. The average Bonchev–Trinajstić information content (AvgIpc) is 2.43. The summed E-state index contributed by atoms with van der Waals surface area (Å²) in [4.78, 5) is 13.4. The Hall–Kier alpha value is -1.60. The van der Waals surface area contributed by atoms with Crippen LogP contribution < -0.4 is 11.1 Å². The molecule has 1 unspecified atom stereocenters. The first-order valence-electron chi connectivity index (χ1n) is 6.60. The molecule has 0 aromatic heterocycles. The minimum Gasteiger partial charge on any atom is -0.326 e.